The molecule has 3 heterocycles. The summed E-state index contributed by atoms with van der Waals surface area (Å²) in [6.07, 6.45) is 5.25. The molecule has 1 amide bonds. The van der Waals surface area contributed by atoms with Gasteiger partial charge in [0.1, 0.15) is 0 Å². The summed E-state index contributed by atoms with van der Waals surface area (Å²) in [5, 5.41) is 4.92. The smallest absolute Gasteiger partial charge is 0.226 e. The largest absolute Gasteiger partial charge is 0.381 e. The summed E-state index contributed by atoms with van der Waals surface area (Å²) in [5.74, 6) is 0.507. The molecule has 0 bridgehead atoms. The number of rotatable bonds is 4. The van der Waals surface area contributed by atoms with Gasteiger partial charge in [-0.2, -0.15) is 0 Å². The predicted molar refractivity (Wildman–Crippen MR) is 68.7 cm³/mol. The highest BCUT2D eigenvalue weighted by molar-refractivity contribution is 7.15. The van der Waals surface area contributed by atoms with Gasteiger partial charge in [0.05, 0.1) is 18.7 Å². The van der Waals surface area contributed by atoms with Gasteiger partial charge in [0, 0.05) is 36.8 Å². The van der Waals surface area contributed by atoms with Crippen LogP contribution in [0.2, 0.25) is 0 Å². The van der Waals surface area contributed by atoms with E-state index in [1.807, 2.05) is 22.2 Å². The van der Waals surface area contributed by atoms with Crippen molar-refractivity contribution >= 4 is 22.2 Å². The predicted octanol–water partition coefficient (Wildman–Crippen LogP) is 1.09. The van der Waals surface area contributed by atoms with E-state index in [4.69, 9.17) is 4.74 Å². The fraction of sp³-hybridized carbons (Fsp3) is 0.500. The van der Waals surface area contributed by atoms with Gasteiger partial charge in [-0.05, 0) is 6.42 Å². The van der Waals surface area contributed by atoms with Crippen molar-refractivity contribution in [3.63, 3.8) is 0 Å². The van der Waals surface area contributed by atoms with Crippen LogP contribution in [0.1, 0.15) is 12.1 Å². The minimum Gasteiger partial charge on any atom is -0.381 e. The highest BCUT2D eigenvalue weighted by Gasteiger charge is 2.16. The van der Waals surface area contributed by atoms with Crippen molar-refractivity contribution in [3.8, 4) is 0 Å². The minimum atomic E-state index is 0.0349. The lowest BCUT2D eigenvalue weighted by molar-refractivity contribution is -0.120. The number of thiazole rings is 1. The Bertz CT molecular complexity index is 514. The number of fused-ring (bicyclic) bond motifs is 1. The topological polar surface area (TPSA) is 55.6 Å². The van der Waals surface area contributed by atoms with Gasteiger partial charge in [-0.25, -0.2) is 4.98 Å². The number of nitrogens with one attached hydrogen (secondary N) is 1. The van der Waals surface area contributed by atoms with Gasteiger partial charge in [0.2, 0.25) is 5.91 Å². The Morgan fingerprint density at radius 3 is 3.39 bits per heavy atom. The summed E-state index contributed by atoms with van der Waals surface area (Å²) >= 11 is 1.57. The van der Waals surface area contributed by atoms with E-state index in [1.54, 1.807) is 11.3 Å². The molecule has 2 aromatic rings. The van der Waals surface area contributed by atoms with Gasteiger partial charge >= 0.3 is 0 Å². The van der Waals surface area contributed by atoms with Crippen molar-refractivity contribution in [2.24, 2.45) is 5.92 Å². The van der Waals surface area contributed by atoms with E-state index >= 15 is 0 Å². The van der Waals surface area contributed by atoms with Crippen LogP contribution in [0.5, 0.6) is 0 Å². The third-order valence-electron chi connectivity index (χ3n) is 3.10. The maximum absolute atomic E-state index is 11.8. The van der Waals surface area contributed by atoms with Gasteiger partial charge in [-0.1, -0.05) is 0 Å². The number of hydrogen-bond acceptors (Lipinski definition) is 4. The van der Waals surface area contributed by atoms with Crippen molar-refractivity contribution in [3.05, 3.63) is 23.5 Å². The lowest BCUT2D eigenvalue weighted by Gasteiger charge is -2.08. The molecule has 1 atom stereocenters. The van der Waals surface area contributed by atoms with Crippen LogP contribution in [0.25, 0.3) is 4.96 Å². The Labute approximate surface area is 109 Å². The first kappa shape index (κ1) is 11.7. The van der Waals surface area contributed by atoms with Gasteiger partial charge in [-0.3, -0.25) is 9.20 Å². The second kappa shape index (κ2) is 5.07. The lowest BCUT2D eigenvalue weighted by Crippen LogP contribution is -2.30. The highest BCUT2D eigenvalue weighted by Crippen LogP contribution is 2.12. The van der Waals surface area contributed by atoms with E-state index in [1.165, 1.54) is 0 Å². The Morgan fingerprint density at radius 1 is 1.67 bits per heavy atom. The number of hydrogen-bond donors (Lipinski definition) is 1. The molecule has 6 heteroatoms. The quantitative estimate of drug-likeness (QED) is 0.900. The average molecular weight is 265 g/mol. The zero-order chi connectivity index (χ0) is 12.4. The standard InChI is InChI=1S/C12H15N3O2S/c16-11(13-6-9-1-3-17-8-9)5-10-7-15-2-4-18-12(15)14-10/h2,4,7,9H,1,3,5-6,8H2,(H,13,16)/t9-/m1/s1. The molecule has 1 aliphatic heterocycles. The van der Waals surface area contributed by atoms with Crippen molar-refractivity contribution in [2.45, 2.75) is 12.8 Å². The minimum absolute atomic E-state index is 0.0349. The van der Waals surface area contributed by atoms with Gasteiger partial charge < -0.3 is 10.1 Å². The number of ether oxygens (including phenoxy) is 1. The first-order chi connectivity index (χ1) is 8.81. The van der Waals surface area contributed by atoms with E-state index in [0.29, 0.717) is 18.9 Å². The Balaban J connectivity index is 1.52. The average Bonchev–Trinajstić information content (AvgIpc) is 3.01. The molecule has 1 fully saturated rings. The van der Waals surface area contributed by atoms with Crippen LogP contribution < -0.4 is 5.32 Å². The van der Waals surface area contributed by atoms with Crippen molar-refractivity contribution in [2.75, 3.05) is 19.8 Å². The highest BCUT2D eigenvalue weighted by atomic mass is 32.1. The summed E-state index contributed by atoms with van der Waals surface area (Å²) in [6, 6.07) is 0. The second-order valence-corrected chi connectivity index (χ2v) is 5.41. The molecule has 2 aromatic heterocycles. The molecular weight excluding hydrogens is 250 g/mol. The maximum Gasteiger partial charge on any atom is 0.226 e. The van der Waals surface area contributed by atoms with E-state index in [9.17, 15) is 4.79 Å². The van der Waals surface area contributed by atoms with Crippen LogP contribution >= 0.6 is 11.3 Å². The SMILES string of the molecule is O=C(Cc1cn2ccsc2n1)NC[C@H]1CCOC1. The number of amides is 1. The van der Waals surface area contributed by atoms with Gasteiger partial charge in [0.25, 0.3) is 0 Å². The number of carbonyl (C=O) groups is 1. The van der Waals surface area contributed by atoms with Crippen LogP contribution in [0.4, 0.5) is 0 Å². The zero-order valence-electron chi connectivity index (χ0n) is 9.96. The molecule has 18 heavy (non-hydrogen) atoms. The molecule has 0 aliphatic carbocycles. The van der Waals surface area contributed by atoms with E-state index in [-0.39, 0.29) is 5.91 Å². The fourth-order valence-corrected chi connectivity index (χ4v) is 2.81. The number of imidazole rings is 1. The molecule has 1 saturated heterocycles. The zero-order valence-corrected chi connectivity index (χ0v) is 10.8. The summed E-state index contributed by atoms with van der Waals surface area (Å²) in [5.41, 5.74) is 0.821. The molecule has 0 saturated carbocycles. The van der Waals surface area contributed by atoms with Crippen LogP contribution in [0.3, 0.4) is 0 Å². The molecular formula is C12H15N3O2S. The summed E-state index contributed by atoms with van der Waals surface area (Å²) < 4.78 is 7.21. The molecule has 0 unspecified atom stereocenters. The van der Waals surface area contributed by atoms with Crippen LogP contribution in [-0.2, 0) is 16.0 Å². The molecule has 96 valence electrons. The maximum atomic E-state index is 11.8. The van der Waals surface area contributed by atoms with Gasteiger partial charge in [0.15, 0.2) is 4.96 Å². The summed E-state index contributed by atoms with van der Waals surface area (Å²) in [4.78, 5) is 17.1. The number of carbonyl (C=O) groups excluding carboxylic acids is 1. The first-order valence-corrected chi connectivity index (χ1v) is 6.95. The Hall–Kier alpha value is -1.40. The third kappa shape index (κ3) is 2.54. The van der Waals surface area contributed by atoms with Gasteiger partial charge in [-0.15, -0.1) is 11.3 Å². The monoisotopic (exact) mass is 265 g/mol. The van der Waals surface area contributed by atoms with Crippen LogP contribution in [0.15, 0.2) is 17.8 Å². The van der Waals surface area contributed by atoms with Crippen molar-refractivity contribution in [1.29, 1.82) is 0 Å². The molecule has 3 rings (SSSR count). The lowest BCUT2D eigenvalue weighted by atomic mass is 10.1. The van der Waals surface area contributed by atoms with Crippen molar-refractivity contribution in [1.82, 2.24) is 14.7 Å². The fourth-order valence-electron chi connectivity index (χ4n) is 2.09. The number of nitrogens with zero attached hydrogens (tertiary/aromatic N) is 2. The Kier molecular flexibility index (Phi) is 3.29. The molecule has 0 aromatic carbocycles. The first-order valence-electron chi connectivity index (χ1n) is 6.07. The molecule has 5 nitrogen and oxygen atoms in total. The van der Waals surface area contributed by atoms with E-state index < -0.39 is 0 Å². The van der Waals surface area contributed by atoms with Crippen molar-refractivity contribution < 1.29 is 9.53 Å². The van der Waals surface area contributed by atoms with Crippen LogP contribution in [-0.4, -0.2) is 35.1 Å². The molecule has 1 aliphatic rings. The summed E-state index contributed by atoms with van der Waals surface area (Å²) in [7, 11) is 0. The normalized spacial score (nSPS) is 19.4. The van der Waals surface area contributed by atoms with Crippen LogP contribution in [0, 0.1) is 5.92 Å². The molecule has 0 spiro atoms. The second-order valence-electron chi connectivity index (χ2n) is 4.54. The molecule has 1 N–H and O–H groups in total. The van der Waals surface area contributed by atoms with E-state index in [0.717, 1.165) is 30.3 Å². The van der Waals surface area contributed by atoms with E-state index in [2.05, 4.69) is 10.3 Å². The molecule has 0 radical (unpaired) electrons. The summed E-state index contributed by atoms with van der Waals surface area (Å²) in [6.45, 7) is 2.29. The number of aromatic nitrogens is 2. The third-order valence-corrected chi connectivity index (χ3v) is 3.87. The Morgan fingerprint density at radius 2 is 2.61 bits per heavy atom.